The monoisotopic (exact) mass is 387 g/mol. The van der Waals surface area contributed by atoms with Gasteiger partial charge in [0.05, 0.1) is 10.7 Å². The number of alkyl halides is 2. The van der Waals surface area contributed by atoms with Gasteiger partial charge in [0.25, 0.3) is 0 Å². The number of halogens is 3. The van der Waals surface area contributed by atoms with Crippen LogP contribution < -0.4 is 4.74 Å². The molecule has 0 unspecified atom stereocenters. The number of benzene rings is 1. The van der Waals surface area contributed by atoms with Gasteiger partial charge in [0, 0.05) is 55.2 Å². The molecule has 2 aromatic rings. The molecule has 0 saturated carbocycles. The number of ether oxygens (including phenoxy) is 1. The van der Waals surface area contributed by atoms with Crippen LogP contribution in [0.1, 0.15) is 16.3 Å². The molecular weight excluding hydrogens is 368 g/mol. The van der Waals surface area contributed by atoms with Crippen molar-refractivity contribution in [3.05, 3.63) is 44.9 Å². The van der Waals surface area contributed by atoms with Crippen LogP contribution >= 0.6 is 22.9 Å². The number of aryl methyl sites for hydroxylation is 1. The average Bonchev–Trinajstić information content (AvgIpc) is 2.96. The number of thiazole rings is 1. The van der Waals surface area contributed by atoms with Crippen molar-refractivity contribution in [3.63, 3.8) is 0 Å². The molecule has 0 atom stereocenters. The minimum atomic E-state index is -2.83. The molecule has 1 aliphatic heterocycles. The lowest BCUT2D eigenvalue weighted by Gasteiger charge is -2.34. The molecule has 0 aliphatic carbocycles. The summed E-state index contributed by atoms with van der Waals surface area (Å²) in [4.78, 5) is 9.09. The van der Waals surface area contributed by atoms with Crippen LogP contribution in [0.25, 0.3) is 0 Å². The summed E-state index contributed by atoms with van der Waals surface area (Å²) in [5, 5.41) is 3.71. The lowest BCUT2D eigenvalue weighted by Crippen LogP contribution is -2.45. The van der Waals surface area contributed by atoms with Gasteiger partial charge >= 0.3 is 6.61 Å². The highest BCUT2D eigenvalue weighted by Gasteiger charge is 2.20. The number of aromatic nitrogens is 1. The van der Waals surface area contributed by atoms with Gasteiger partial charge in [-0.25, -0.2) is 4.98 Å². The number of nitrogens with zero attached hydrogens (tertiary/aromatic N) is 3. The van der Waals surface area contributed by atoms with Gasteiger partial charge in [0.15, 0.2) is 0 Å². The maximum absolute atomic E-state index is 12.6. The van der Waals surface area contributed by atoms with E-state index in [4.69, 9.17) is 11.6 Å². The summed E-state index contributed by atoms with van der Waals surface area (Å²) in [7, 11) is 0. The van der Waals surface area contributed by atoms with E-state index >= 15 is 0 Å². The third kappa shape index (κ3) is 5.34. The highest BCUT2D eigenvalue weighted by atomic mass is 35.5. The zero-order valence-corrected chi connectivity index (χ0v) is 15.5. The molecule has 136 valence electrons. The Morgan fingerprint density at radius 3 is 2.48 bits per heavy atom. The van der Waals surface area contributed by atoms with E-state index < -0.39 is 6.61 Å². The molecule has 1 aliphatic rings. The summed E-state index contributed by atoms with van der Waals surface area (Å²) in [6.07, 6.45) is 0. The van der Waals surface area contributed by atoms with Gasteiger partial charge in [-0.2, -0.15) is 8.78 Å². The second-order valence-corrected chi connectivity index (χ2v) is 7.54. The maximum Gasteiger partial charge on any atom is 0.387 e. The Morgan fingerprint density at radius 1 is 1.20 bits per heavy atom. The van der Waals surface area contributed by atoms with Crippen LogP contribution in [0.5, 0.6) is 5.75 Å². The third-order valence-corrected chi connectivity index (χ3v) is 5.21. The second kappa shape index (κ2) is 8.40. The molecule has 1 saturated heterocycles. The molecule has 2 heterocycles. The largest absolute Gasteiger partial charge is 0.434 e. The van der Waals surface area contributed by atoms with Crippen molar-refractivity contribution in [1.82, 2.24) is 14.8 Å². The second-order valence-electron chi connectivity index (χ2n) is 6.04. The lowest BCUT2D eigenvalue weighted by molar-refractivity contribution is -0.0508. The van der Waals surface area contributed by atoms with Crippen LogP contribution in [0.15, 0.2) is 23.6 Å². The van der Waals surface area contributed by atoms with Crippen molar-refractivity contribution in [2.45, 2.75) is 26.6 Å². The van der Waals surface area contributed by atoms with E-state index in [0.29, 0.717) is 17.1 Å². The number of hydrogen-bond acceptors (Lipinski definition) is 5. The molecule has 0 N–H and O–H groups in total. The Kier molecular flexibility index (Phi) is 6.22. The summed E-state index contributed by atoms with van der Waals surface area (Å²) in [5.41, 5.74) is 1.80. The van der Waals surface area contributed by atoms with E-state index in [1.807, 2.05) is 6.92 Å². The predicted octanol–water partition coefficient (Wildman–Crippen LogP) is 4.02. The molecule has 0 amide bonds. The zero-order chi connectivity index (χ0) is 17.8. The molecule has 1 aromatic heterocycles. The number of hydrogen-bond donors (Lipinski definition) is 0. The zero-order valence-electron chi connectivity index (χ0n) is 13.9. The van der Waals surface area contributed by atoms with Crippen molar-refractivity contribution in [1.29, 1.82) is 0 Å². The summed E-state index contributed by atoms with van der Waals surface area (Å²) in [6, 6.07) is 4.77. The fourth-order valence-corrected chi connectivity index (χ4v) is 3.74. The van der Waals surface area contributed by atoms with E-state index in [1.165, 1.54) is 6.07 Å². The minimum absolute atomic E-state index is 0.194. The summed E-state index contributed by atoms with van der Waals surface area (Å²) in [5.74, 6) is 0.194. The highest BCUT2D eigenvalue weighted by Crippen LogP contribution is 2.26. The minimum Gasteiger partial charge on any atom is -0.434 e. The van der Waals surface area contributed by atoms with E-state index in [1.54, 1.807) is 23.5 Å². The van der Waals surface area contributed by atoms with Crippen LogP contribution in [-0.4, -0.2) is 47.6 Å². The van der Waals surface area contributed by atoms with Crippen molar-refractivity contribution in [2.75, 3.05) is 26.2 Å². The van der Waals surface area contributed by atoms with Crippen LogP contribution in [0, 0.1) is 6.92 Å². The molecule has 0 radical (unpaired) electrons. The van der Waals surface area contributed by atoms with E-state index in [0.717, 1.165) is 43.4 Å². The molecule has 4 nitrogen and oxygen atoms in total. The Hall–Kier alpha value is -1.28. The van der Waals surface area contributed by atoms with Gasteiger partial charge in [-0.05, 0) is 25.1 Å². The van der Waals surface area contributed by atoms with Gasteiger partial charge in [0.1, 0.15) is 5.75 Å². The average molecular weight is 388 g/mol. The SMILES string of the molecule is Cc1nc(CN2CCN(Cc3cc(Cl)ccc3OC(F)F)CC2)cs1. The van der Waals surface area contributed by atoms with Gasteiger partial charge < -0.3 is 4.74 Å². The molecule has 1 fully saturated rings. The molecule has 0 spiro atoms. The first-order valence-corrected chi connectivity index (χ1v) is 9.34. The van der Waals surface area contributed by atoms with Crippen molar-refractivity contribution in [3.8, 4) is 5.75 Å². The van der Waals surface area contributed by atoms with E-state index in [2.05, 4.69) is 24.9 Å². The fraction of sp³-hybridized carbons (Fsp3) is 0.471. The Morgan fingerprint density at radius 2 is 1.88 bits per heavy atom. The number of piperazine rings is 1. The summed E-state index contributed by atoms with van der Waals surface area (Å²) in [6.45, 7) is 4.15. The van der Waals surface area contributed by atoms with Crippen molar-refractivity contribution in [2.24, 2.45) is 0 Å². The van der Waals surface area contributed by atoms with Crippen LogP contribution in [0.4, 0.5) is 8.78 Å². The normalized spacial score (nSPS) is 16.5. The number of rotatable bonds is 6. The Labute approximate surface area is 155 Å². The lowest BCUT2D eigenvalue weighted by atomic mass is 10.1. The van der Waals surface area contributed by atoms with E-state index in [-0.39, 0.29) is 5.75 Å². The van der Waals surface area contributed by atoms with Crippen LogP contribution in [0.2, 0.25) is 5.02 Å². The first-order valence-electron chi connectivity index (χ1n) is 8.08. The third-order valence-electron chi connectivity index (χ3n) is 4.15. The first-order chi connectivity index (χ1) is 12.0. The molecule has 1 aromatic carbocycles. The van der Waals surface area contributed by atoms with Crippen molar-refractivity contribution < 1.29 is 13.5 Å². The van der Waals surface area contributed by atoms with Gasteiger partial charge in [0.2, 0.25) is 0 Å². The van der Waals surface area contributed by atoms with Crippen molar-refractivity contribution >= 4 is 22.9 Å². The fourth-order valence-electron chi connectivity index (χ4n) is 2.94. The quantitative estimate of drug-likeness (QED) is 0.748. The summed E-state index contributed by atoms with van der Waals surface area (Å²) < 4.78 is 29.7. The van der Waals surface area contributed by atoms with Crippen LogP contribution in [0.3, 0.4) is 0 Å². The predicted molar refractivity (Wildman–Crippen MR) is 95.5 cm³/mol. The standard InChI is InChI=1S/C17H20ClF2N3OS/c1-12-21-15(11-25-12)10-23-6-4-22(5-7-23)9-13-8-14(18)2-3-16(13)24-17(19)20/h2-3,8,11,17H,4-7,9-10H2,1H3. The Bertz CT molecular complexity index is 705. The van der Waals surface area contributed by atoms with Crippen LogP contribution in [-0.2, 0) is 13.1 Å². The van der Waals surface area contributed by atoms with Gasteiger partial charge in [-0.1, -0.05) is 11.6 Å². The molecular formula is C17H20ClF2N3OS. The Balaban J connectivity index is 1.56. The summed E-state index contributed by atoms with van der Waals surface area (Å²) >= 11 is 7.68. The smallest absolute Gasteiger partial charge is 0.387 e. The molecule has 25 heavy (non-hydrogen) atoms. The molecule has 8 heteroatoms. The first kappa shape index (κ1) is 18.5. The van der Waals surface area contributed by atoms with Gasteiger partial charge in [-0.15, -0.1) is 11.3 Å². The maximum atomic E-state index is 12.6. The van der Waals surface area contributed by atoms with Gasteiger partial charge in [-0.3, -0.25) is 9.80 Å². The molecule has 0 bridgehead atoms. The topological polar surface area (TPSA) is 28.6 Å². The molecule has 3 rings (SSSR count). The van der Waals surface area contributed by atoms with E-state index in [9.17, 15) is 8.78 Å². The highest BCUT2D eigenvalue weighted by molar-refractivity contribution is 7.09.